The van der Waals surface area contributed by atoms with Crippen LogP contribution >= 0.6 is 0 Å². The highest BCUT2D eigenvalue weighted by Crippen LogP contribution is 2.40. The molecule has 1 rings (SSSR count). The lowest BCUT2D eigenvalue weighted by Crippen LogP contribution is -2.48. The topological polar surface area (TPSA) is 9.23 Å². The van der Waals surface area contributed by atoms with E-state index in [1.165, 1.54) is 250 Å². The highest BCUT2D eigenvalue weighted by atomic mass is 28.4. The molecular weight excluding hydrogens is 573 g/mol. The van der Waals surface area contributed by atoms with Crippen molar-refractivity contribution in [1.29, 1.82) is 0 Å². The van der Waals surface area contributed by atoms with Gasteiger partial charge in [-0.1, -0.05) is 239 Å². The second kappa shape index (κ2) is 32.4. The van der Waals surface area contributed by atoms with Crippen molar-refractivity contribution >= 4 is 8.32 Å². The summed E-state index contributed by atoms with van der Waals surface area (Å²) in [4.78, 5) is 0. The molecule has 0 radical (unpaired) electrons. The smallest absolute Gasteiger partial charge is 0.187 e. The van der Waals surface area contributed by atoms with Crippen LogP contribution in [0.15, 0.2) is 0 Å². The lowest BCUT2D eigenvalue weighted by molar-refractivity contribution is 0.0129. The molecule has 1 nitrogen and oxygen atoms in total. The molecule has 0 spiro atoms. The maximum absolute atomic E-state index is 7.05. The molecule has 1 fully saturated rings. The van der Waals surface area contributed by atoms with Gasteiger partial charge >= 0.3 is 0 Å². The molecule has 0 aromatic heterocycles. The maximum atomic E-state index is 7.05. The van der Waals surface area contributed by atoms with Crippen LogP contribution in [-0.4, -0.2) is 13.9 Å². The highest BCUT2D eigenvalue weighted by Gasteiger charge is 2.40. The van der Waals surface area contributed by atoms with Crippen molar-refractivity contribution in [1.82, 2.24) is 0 Å². The molecule has 0 aliphatic carbocycles. The van der Waals surface area contributed by atoms with E-state index in [4.69, 9.17) is 4.43 Å². The molecule has 0 aromatic rings. The molecule has 0 N–H and O–H groups in total. The van der Waals surface area contributed by atoms with E-state index in [2.05, 4.69) is 26.9 Å². The molecule has 1 aliphatic rings. The van der Waals surface area contributed by atoms with E-state index in [9.17, 15) is 0 Å². The zero-order valence-corrected chi connectivity index (χ0v) is 34.0. The zero-order chi connectivity index (χ0) is 33.3. The minimum Gasteiger partial charge on any atom is -0.412 e. The van der Waals surface area contributed by atoms with E-state index in [0.29, 0.717) is 0 Å². The van der Waals surface area contributed by atoms with Crippen LogP contribution in [0.3, 0.4) is 0 Å². The second-order valence-corrected chi connectivity index (χ2v) is 20.9. The van der Waals surface area contributed by atoms with Crippen molar-refractivity contribution in [3.63, 3.8) is 0 Å². The van der Waals surface area contributed by atoms with Crippen LogP contribution < -0.4 is 0 Å². The van der Waals surface area contributed by atoms with Gasteiger partial charge in [-0.15, -0.1) is 0 Å². The fraction of sp³-hybridized carbons (Fsp3) is 1.00. The van der Waals surface area contributed by atoms with Gasteiger partial charge in [0.15, 0.2) is 8.32 Å². The van der Waals surface area contributed by atoms with Gasteiger partial charge in [0.05, 0.1) is 5.60 Å². The predicted molar refractivity (Wildman–Crippen MR) is 213 cm³/mol. The summed E-state index contributed by atoms with van der Waals surface area (Å²) < 4.78 is 7.05. The fourth-order valence-electron chi connectivity index (χ4n) is 8.35. The first-order chi connectivity index (χ1) is 22.5. The first-order valence-corrected chi connectivity index (χ1v) is 25.4. The van der Waals surface area contributed by atoms with Gasteiger partial charge in [0.2, 0.25) is 0 Å². The number of hydrogen-bond acceptors (Lipinski definition) is 1. The standard InChI is InChI=1S/C44H90OSi/c1-5-7-9-11-13-15-17-19-21-22-23-24-25-26-28-30-32-34-36-38-41-44(42-39-43-46(3,4)45-44)40-37-35-33-31-29-27-20-18-16-14-12-10-8-6-2/h5-43H2,1-4H3. The third-order valence-electron chi connectivity index (χ3n) is 11.4. The SMILES string of the molecule is CCCCCCCCCCCCCCCCCCCCCCC1(CCCCCCCCCCCCCCCC)CCC[Si](C)(C)O1. The third kappa shape index (κ3) is 28.1. The van der Waals surface area contributed by atoms with Crippen molar-refractivity contribution in [2.45, 2.75) is 283 Å². The average molecular weight is 663 g/mol. The van der Waals surface area contributed by atoms with E-state index in [-0.39, 0.29) is 5.60 Å². The van der Waals surface area contributed by atoms with Crippen LogP contribution in [0, 0.1) is 0 Å². The minimum absolute atomic E-state index is 0.249. The van der Waals surface area contributed by atoms with Gasteiger partial charge in [-0.05, 0) is 38.4 Å². The summed E-state index contributed by atoms with van der Waals surface area (Å²) in [5.74, 6) is 0. The number of unbranched alkanes of at least 4 members (excludes halogenated alkanes) is 32. The van der Waals surface area contributed by atoms with E-state index in [1.807, 2.05) is 0 Å². The largest absolute Gasteiger partial charge is 0.412 e. The van der Waals surface area contributed by atoms with Gasteiger partial charge in [-0.2, -0.15) is 0 Å². The Kier molecular flexibility index (Phi) is 31.1. The molecular formula is C44H90OSi. The minimum atomic E-state index is -1.45. The van der Waals surface area contributed by atoms with E-state index >= 15 is 0 Å². The van der Waals surface area contributed by atoms with Crippen molar-refractivity contribution in [2.75, 3.05) is 0 Å². The van der Waals surface area contributed by atoms with Crippen molar-refractivity contribution in [2.24, 2.45) is 0 Å². The highest BCUT2D eigenvalue weighted by molar-refractivity contribution is 6.71. The first-order valence-electron chi connectivity index (χ1n) is 22.2. The fourth-order valence-corrected chi connectivity index (χ4v) is 11.0. The molecule has 46 heavy (non-hydrogen) atoms. The quantitative estimate of drug-likeness (QED) is 0.0479. The Morgan fingerprint density at radius 3 is 0.848 bits per heavy atom. The lowest BCUT2D eigenvalue weighted by Gasteiger charge is -2.45. The maximum Gasteiger partial charge on any atom is 0.187 e. The van der Waals surface area contributed by atoms with E-state index in [1.54, 1.807) is 0 Å². The van der Waals surface area contributed by atoms with Gasteiger partial charge in [-0.25, -0.2) is 0 Å². The van der Waals surface area contributed by atoms with Crippen LogP contribution in [0.1, 0.15) is 258 Å². The predicted octanol–water partition coefficient (Wildman–Crippen LogP) is 16.8. The summed E-state index contributed by atoms with van der Waals surface area (Å²) in [5, 5.41) is 0. The zero-order valence-electron chi connectivity index (χ0n) is 33.0. The Bertz CT molecular complexity index is 603. The summed E-state index contributed by atoms with van der Waals surface area (Å²) in [6.07, 6.45) is 55.1. The van der Waals surface area contributed by atoms with Gasteiger partial charge < -0.3 is 4.43 Å². The summed E-state index contributed by atoms with van der Waals surface area (Å²) in [5.41, 5.74) is 0.249. The molecule has 1 heterocycles. The third-order valence-corrected chi connectivity index (χ3v) is 13.9. The Morgan fingerprint density at radius 1 is 0.370 bits per heavy atom. The van der Waals surface area contributed by atoms with Crippen molar-refractivity contribution in [3.8, 4) is 0 Å². The first kappa shape index (κ1) is 44.2. The monoisotopic (exact) mass is 663 g/mol. The summed E-state index contributed by atoms with van der Waals surface area (Å²) in [7, 11) is -1.45. The Labute approximate surface area is 294 Å². The normalized spacial score (nSPS) is 18.0. The van der Waals surface area contributed by atoms with Gasteiger partial charge in [0.25, 0.3) is 0 Å². The molecule has 1 unspecified atom stereocenters. The summed E-state index contributed by atoms with van der Waals surface area (Å²) in [6, 6.07) is 1.38. The molecule has 0 amide bonds. The molecule has 1 atom stereocenters. The van der Waals surface area contributed by atoms with Crippen LogP contribution in [0.5, 0.6) is 0 Å². The van der Waals surface area contributed by atoms with E-state index in [0.717, 1.165) is 0 Å². The Balaban J connectivity index is 1.98. The molecule has 2 heteroatoms. The summed E-state index contributed by atoms with van der Waals surface area (Å²) in [6.45, 7) is 9.60. The number of hydrogen-bond donors (Lipinski definition) is 0. The Morgan fingerprint density at radius 2 is 0.609 bits per heavy atom. The number of rotatable bonds is 36. The van der Waals surface area contributed by atoms with Crippen LogP contribution in [-0.2, 0) is 4.43 Å². The Hall–Kier alpha value is 0.177. The average Bonchev–Trinajstić information content (AvgIpc) is 3.03. The van der Waals surface area contributed by atoms with Crippen molar-refractivity contribution < 1.29 is 4.43 Å². The van der Waals surface area contributed by atoms with E-state index < -0.39 is 8.32 Å². The van der Waals surface area contributed by atoms with Gasteiger partial charge in [0, 0.05) is 0 Å². The molecule has 0 aromatic carbocycles. The second-order valence-electron chi connectivity index (χ2n) is 16.7. The van der Waals surface area contributed by atoms with Crippen LogP contribution in [0.2, 0.25) is 19.1 Å². The van der Waals surface area contributed by atoms with Gasteiger partial charge in [0.1, 0.15) is 0 Å². The molecule has 0 saturated carbocycles. The van der Waals surface area contributed by atoms with Crippen LogP contribution in [0.4, 0.5) is 0 Å². The van der Waals surface area contributed by atoms with Crippen molar-refractivity contribution in [3.05, 3.63) is 0 Å². The lowest BCUT2D eigenvalue weighted by atomic mass is 9.86. The molecule has 276 valence electrons. The van der Waals surface area contributed by atoms with Crippen LogP contribution in [0.25, 0.3) is 0 Å². The molecule has 1 saturated heterocycles. The summed E-state index contributed by atoms with van der Waals surface area (Å²) >= 11 is 0. The molecule has 0 bridgehead atoms. The molecule has 1 aliphatic heterocycles. The van der Waals surface area contributed by atoms with Gasteiger partial charge in [-0.3, -0.25) is 0 Å².